The molecule has 0 spiro atoms. The molecule has 0 amide bonds. The Morgan fingerprint density at radius 2 is 1.70 bits per heavy atom. The second kappa shape index (κ2) is 7.67. The standard InChI is InChI=1S/C20H33NO2/c1-15-7-6-8-16(2)21(15)13-18(22)14-23-19-11-9-17(10-12-19)20(3,4)5/h9-12,15-16,18,22H,6-8,13-14H2,1-5H3/t15-,16-,18-/m0/s1. The first-order valence-electron chi connectivity index (χ1n) is 8.94. The van der Waals surface area contributed by atoms with E-state index in [-0.39, 0.29) is 5.41 Å². The van der Waals surface area contributed by atoms with Crippen molar-refractivity contribution in [3.63, 3.8) is 0 Å². The molecule has 1 fully saturated rings. The largest absolute Gasteiger partial charge is 0.491 e. The molecule has 1 saturated heterocycles. The zero-order valence-electron chi connectivity index (χ0n) is 15.4. The van der Waals surface area contributed by atoms with Crippen LogP contribution in [0.25, 0.3) is 0 Å². The number of ether oxygens (including phenoxy) is 1. The van der Waals surface area contributed by atoms with Gasteiger partial charge in [0.2, 0.25) is 0 Å². The summed E-state index contributed by atoms with van der Waals surface area (Å²) in [6, 6.07) is 9.32. The molecule has 0 saturated carbocycles. The lowest BCUT2D eigenvalue weighted by molar-refractivity contribution is 0.0209. The Hall–Kier alpha value is -1.06. The summed E-state index contributed by atoms with van der Waals surface area (Å²) in [7, 11) is 0. The van der Waals surface area contributed by atoms with Gasteiger partial charge in [-0.05, 0) is 49.8 Å². The lowest BCUT2D eigenvalue weighted by Gasteiger charge is -2.40. The number of rotatable bonds is 5. The summed E-state index contributed by atoms with van der Waals surface area (Å²) in [5, 5.41) is 10.3. The Morgan fingerprint density at radius 3 is 2.22 bits per heavy atom. The summed E-state index contributed by atoms with van der Waals surface area (Å²) >= 11 is 0. The molecule has 0 bridgehead atoms. The Kier molecular flexibility index (Phi) is 6.10. The average molecular weight is 319 g/mol. The van der Waals surface area contributed by atoms with Gasteiger partial charge in [0, 0.05) is 18.6 Å². The van der Waals surface area contributed by atoms with Crippen LogP contribution in [0.3, 0.4) is 0 Å². The quantitative estimate of drug-likeness (QED) is 0.891. The number of benzene rings is 1. The van der Waals surface area contributed by atoms with E-state index in [2.05, 4.69) is 51.7 Å². The van der Waals surface area contributed by atoms with Gasteiger partial charge in [-0.2, -0.15) is 0 Å². The molecule has 130 valence electrons. The van der Waals surface area contributed by atoms with Crippen LogP contribution in [0.4, 0.5) is 0 Å². The van der Waals surface area contributed by atoms with Crippen LogP contribution in [0.2, 0.25) is 0 Å². The van der Waals surface area contributed by atoms with Gasteiger partial charge in [0.15, 0.2) is 0 Å². The smallest absolute Gasteiger partial charge is 0.119 e. The SMILES string of the molecule is C[C@H]1CCC[C@H](C)N1C[C@H](O)COc1ccc(C(C)(C)C)cc1. The molecule has 3 heteroatoms. The fraction of sp³-hybridized carbons (Fsp3) is 0.700. The van der Waals surface area contributed by atoms with E-state index >= 15 is 0 Å². The van der Waals surface area contributed by atoms with Gasteiger partial charge in [-0.15, -0.1) is 0 Å². The van der Waals surface area contributed by atoms with Crippen LogP contribution >= 0.6 is 0 Å². The van der Waals surface area contributed by atoms with Crippen molar-refractivity contribution in [3.05, 3.63) is 29.8 Å². The molecular weight excluding hydrogens is 286 g/mol. The molecule has 1 aromatic carbocycles. The highest BCUT2D eigenvalue weighted by Gasteiger charge is 2.26. The molecule has 1 N–H and O–H groups in total. The molecule has 1 aromatic rings. The lowest BCUT2D eigenvalue weighted by atomic mass is 9.87. The minimum Gasteiger partial charge on any atom is -0.491 e. The van der Waals surface area contributed by atoms with Crippen LogP contribution in [-0.4, -0.2) is 41.3 Å². The highest BCUT2D eigenvalue weighted by molar-refractivity contribution is 5.31. The van der Waals surface area contributed by atoms with Gasteiger partial charge in [-0.25, -0.2) is 0 Å². The summed E-state index contributed by atoms with van der Waals surface area (Å²) in [6.07, 6.45) is 3.31. The fourth-order valence-electron chi connectivity index (χ4n) is 3.37. The minimum absolute atomic E-state index is 0.151. The number of hydrogen-bond donors (Lipinski definition) is 1. The number of nitrogens with zero attached hydrogens (tertiary/aromatic N) is 1. The van der Waals surface area contributed by atoms with Crippen molar-refractivity contribution in [1.82, 2.24) is 4.90 Å². The van der Waals surface area contributed by atoms with E-state index in [1.165, 1.54) is 24.8 Å². The third-order valence-corrected chi connectivity index (χ3v) is 4.96. The zero-order valence-corrected chi connectivity index (χ0v) is 15.4. The average Bonchev–Trinajstić information content (AvgIpc) is 2.48. The predicted molar refractivity (Wildman–Crippen MR) is 96.1 cm³/mol. The molecule has 1 aliphatic heterocycles. The van der Waals surface area contributed by atoms with Gasteiger partial charge >= 0.3 is 0 Å². The van der Waals surface area contributed by atoms with E-state index < -0.39 is 6.10 Å². The molecule has 3 atom stereocenters. The van der Waals surface area contributed by atoms with Gasteiger partial charge < -0.3 is 9.84 Å². The highest BCUT2D eigenvalue weighted by atomic mass is 16.5. The minimum atomic E-state index is -0.444. The summed E-state index contributed by atoms with van der Waals surface area (Å²) in [4.78, 5) is 2.42. The van der Waals surface area contributed by atoms with Crippen molar-refractivity contribution in [1.29, 1.82) is 0 Å². The van der Waals surface area contributed by atoms with Crippen LogP contribution in [0.5, 0.6) is 5.75 Å². The summed E-state index contributed by atoms with van der Waals surface area (Å²) in [5.74, 6) is 0.830. The Morgan fingerprint density at radius 1 is 1.13 bits per heavy atom. The summed E-state index contributed by atoms with van der Waals surface area (Å²) in [6.45, 7) is 12.2. The van der Waals surface area contributed by atoms with Crippen molar-refractivity contribution < 1.29 is 9.84 Å². The predicted octanol–water partition coefficient (Wildman–Crippen LogP) is 3.99. The first kappa shape index (κ1) is 18.3. The third kappa shape index (κ3) is 5.22. The lowest BCUT2D eigenvalue weighted by Crippen LogP contribution is -2.48. The van der Waals surface area contributed by atoms with E-state index in [4.69, 9.17) is 4.74 Å². The van der Waals surface area contributed by atoms with Gasteiger partial charge in [0.25, 0.3) is 0 Å². The second-order valence-electron chi connectivity index (χ2n) is 8.06. The maximum atomic E-state index is 10.3. The van der Waals surface area contributed by atoms with Crippen LogP contribution in [0, 0.1) is 0 Å². The van der Waals surface area contributed by atoms with Crippen molar-refractivity contribution >= 4 is 0 Å². The Labute approximate surface area is 141 Å². The molecular formula is C20H33NO2. The molecule has 3 nitrogen and oxygen atoms in total. The van der Waals surface area contributed by atoms with Crippen LogP contribution in [-0.2, 0) is 5.41 Å². The number of aliphatic hydroxyl groups is 1. The third-order valence-electron chi connectivity index (χ3n) is 4.96. The Bertz CT molecular complexity index is 467. The number of aliphatic hydroxyl groups excluding tert-OH is 1. The van der Waals surface area contributed by atoms with Gasteiger partial charge in [-0.1, -0.05) is 39.3 Å². The molecule has 1 heterocycles. The highest BCUT2D eigenvalue weighted by Crippen LogP contribution is 2.25. The topological polar surface area (TPSA) is 32.7 Å². The number of likely N-dealkylation sites (tertiary alicyclic amines) is 1. The maximum absolute atomic E-state index is 10.3. The monoisotopic (exact) mass is 319 g/mol. The van der Waals surface area contributed by atoms with Crippen molar-refractivity contribution in [3.8, 4) is 5.75 Å². The molecule has 0 unspecified atom stereocenters. The molecule has 23 heavy (non-hydrogen) atoms. The summed E-state index contributed by atoms with van der Waals surface area (Å²) in [5.41, 5.74) is 1.44. The Balaban J connectivity index is 1.83. The van der Waals surface area contributed by atoms with Crippen LogP contribution in [0.15, 0.2) is 24.3 Å². The fourth-order valence-corrected chi connectivity index (χ4v) is 3.37. The van der Waals surface area contributed by atoms with Crippen molar-refractivity contribution in [2.45, 2.75) is 77.5 Å². The molecule has 0 radical (unpaired) electrons. The number of hydrogen-bond acceptors (Lipinski definition) is 3. The van der Waals surface area contributed by atoms with E-state index in [0.717, 1.165) is 5.75 Å². The van der Waals surface area contributed by atoms with Crippen molar-refractivity contribution in [2.75, 3.05) is 13.2 Å². The second-order valence-corrected chi connectivity index (χ2v) is 8.06. The van der Waals surface area contributed by atoms with Gasteiger partial charge in [0.05, 0.1) is 0 Å². The zero-order chi connectivity index (χ0) is 17.0. The van der Waals surface area contributed by atoms with E-state index in [1.54, 1.807) is 0 Å². The van der Waals surface area contributed by atoms with Crippen LogP contribution < -0.4 is 4.74 Å². The summed E-state index contributed by atoms with van der Waals surface area (Å²) < 4.78 is 5.77. The normalized spacial score (nSPS) is 24.4. The van der Waals surface area contributed by atoms with Crippen LogP contribution in [0.1, 0.15) is 59.4 Å². The van der Waals surface area contributed by atoms with Gasteiger partial charge in [-0.3, -0.25) is 4.90 Å². The molecule has 0 aliphatic carbocycles. The molecule has 0 aromatic heterocycles. The first-order valence-corrected chi connectivity index (χ1v) is 8.94. The first-order chi connectivity index (χ1) is 10.8. The van der Waals surface area contributed by atoms with Gasteiger partial charge in [0.1, 0.15) is 18.5 Å². The number of piperidine rings is 1. The maximum Gasteiger partial charge on any atom is 0.119 e. The number of β-amino-alcohol motifs (C(OH)–C–C–N with tert-alkyl or cyclic N) is 1. The van der Waals surface area contributed by atoms with E-state index in [1.807, 2.05) is 12.1 Å². The molecule has 2 rings (SSSR count). The van der Waals surface area contributed by atoms with Crippen molar-refractivity contribution in [2.24, 2.45) is 0 Å². The van der Waals surface area contributed by atoms with E-state index in [0.29, 0.717) is 25.2 Å². The van der Waals surface area contributed by atoms with E-state index in [9.17, 15) is 5.11 Å². The molecule has 1 aliphatic rings.